The molecule has 0 fully saturated rings. The van der Waals surface area contributed by atoms with Gasteiger partial charge in [-0.15, -0.1) is 0 Å². The van der Waals surface area contributed by atoms with Gasteiger partial charge in [-0.25, -0.2) is 4.99 Å². The van der Waals surface area contributed by atoms with E-state index in [1.807, 2.05) is 25.4 Å². The van der Waals surface area contributed by atoms with Crippen molar-refractivity contribution in [2.24, 2.45) is 4.99 Å². The van der Waals surface area contributed by atoms with Gasteiger partial charge >= 0.3 is 0 Å². The number of fused-ring (bicyclic) bond motifs is 1. The van der Waals surface area contributed by atoms with Crippen molar-refractivity contribution in [3.8, 4) is 0 Å². The molecule has 0 aromatic heterocycles. The van der Waals surface area contributed by atoms with Crippen LogP contribution >= 0.6 is 11.6 Å². The predicted octanol–water partition coefficient (Wildman–Crippen LogP) is 5.66. The van der Waals surface area contributed by atoms with E-state index in [0.29, 0.717) is 11.6 Å². The van der Waals surface area contributed by atoms with Crippen LogP contribution in [0.2, 0.25) is 5.02 Å². The first-order chi connectivity index (χ1) is 13.9. The van der Waals surface area contributed by atoms with Crippen LogP contribution in [0.3, 0.4) is 0 Å². The second-order valence-electron chi connectivity index (χ2n) is 8.13. The maximum absolute atomic E-state index is 6.47. The lowest BCUT2D eigenvalue weighted by Gasteiger charge is -2.32. The summed E-state index contributed by atoms with van der Waals surface area (Å²) in [5, 5.41) is 7.72. The van der Waals surface area contributed by atoms with Gasteiger partial charge in [0.1, 0.15) is 5.84 Å². The normalized spacial score (nSPS) is 21.6. The first kappa shape index (κ1) is 20.0. The molecule has 1 atom stereocenters. The molecule has 2 N–H and O–H groups in total. The highest BCUT2D eigenvalue weighted by Gasteiger charge is 2.26. The van der Waals surface area contributed by atoms with Crippen molar-refractivity contribution >= 4 is 28.8 Å². The second-order valence-corrected chi connectivity index (χ2v) is 8.57. The van der Waals surface area contributed by atoms with Crippen molar-refractivity contribution in [2.75, 3.05) is 7.05 Å². The summed E-state index contributed by atoms with van der Waals surface area (Å²) in [6.07, 6.45) is 11.4. The number of rotatable bonds is 4. The van der Waals surface area contributed by atoms with Crippen molar-refractivity contribution in [1.82, 2.24) is 15.5 Å². The molecule has 152 valence electrons. The number of hydrogen-bond donors (Lipinski definition) is 2. The third-order valence-electron chi connectivity index (χ3n) is 5.87. The minimum atomic E-state index is 0.104. The number of halogens is 1. The van der Waals surface area contributed by atoms with Crippen LogP contribution in [0.4, 0.5) is 5.69 Å². The van der Waals surface area contributed by atoms with Crippen molar-refractivity contribution in [1.29, 1.82) is 0 Å². The summed E-state index contributed by atoms with van der Waals surface area (Å²) in [4.78, 5) is 7.21. The van der Waals surface area contributed by atoms with Gasteiger partial charge in [-0.2, -0.15) is 0 Å². The summed E-state index contributed by atoms with van der Waals surface area (Å²) in [6.45, 7) is 9.25. The van der Waals surface area contributed by atoms with E-state index >= 15 is 0 Å². The van der Waals surface area contributed by atoms with E-state index in [2.05, 4.69) is 48.1 Å². The SMILES string of the molecule is C=C1c2cc(Cl)cc(CNC3NC=C(C)C=C3C)c2N=C(C2=CCCCC2)N1C. The molecule has 5 heteroatoms. The van der Waals surface area contributed by atoms with E-state index < -0.39 is 0 Å². The van der Waals surface area contributed by atoms with Gasteiger partial charge in [0.05, 0.1) is 11.9 Å². The summed E-state index contributed by atoms with van der Waals surface area (Å²) in [7, 11) is 2.05. The molecule has 0 spiro atoms. The van der Waals surface area contributed by atoms with Crippen LogP contribution in [-0.2, 0) is 6.54 Å². The molecule has 0 bridgehead atoms. The zero-order chi connectivity index (χ0) is 20.5. The van der Waals surface area contributed by atoms with Gasteiger partial charge in [-0.3, -0.25) is 5.32 Å². The minimum Gasteiger partial charge on any atom is -0.372 e. The highest BCUT2D eigenvalue weighted by Crippen LogP contribution is 2.39. The number of aliphatic imine (C=N–C) groups is 1. The number of dihydropyridines is 1. The maximum Gasteiger partial charge on any atom is 0.136 e. The van der Waals surface area contributed by atoms with Crippen molar-refractivity contribution in [3.05, 3.63) is 69.9 Å². The molecular weight excluding hydrogens is 380 g/mol. The highest BCUT2D eigenvalue weighted by molar-refractivity contribution is 6.31. The first-order valence-corrected chi connectivity index (χ1v) is 10.7. The van der Waals surface area contributed by atoms with Crippen molar-refractivity contribution in [2.45, 2.75) is 52.2 Å². The smallest absolute Gasteiger partial charge is 0.136 e. The standard InChI is InChI=1S/C24H29ClN4/c1-15-10-16(2)23(26-13-15)27-14-19-11-20(25)12-21-17(3)29(4)24(28-22(19)21)18-8-6-5-7-9-18/h8,10-13,23,26-27H,3,5-7,9,14H2,1-2,4H3. The lowest BCUT2D eigenvalue weighted by Crippen LogP contribution is -2.41. The Labute approximate surface area is 178 Å². The number of hydrogen-bond acceptors (Lipinski definition) is 4. The van der Waals surface area contributed by atoms with Crippen molar-refractivity contribution in [3.63, 3.8) is 0 Å². The summed E-state index contributed by atoms with van der Waals surface area (Å²) in [5.41, 5.74) is 7.86. The average Bonchev–Trinajstić information content (AvgIpc) is 2.71. The monoisotopic (exact) mass is 408 g/mol. The molecule has 2 aliphatic heterocycles. The molecule has 0 amide bonds. The minimum absolute atomic E-state index is 0.104. The van der Waals surface area contributed by atoms with Gasteiger partial charge in [0.15, 0.2) is 0 Å². The highest BCUT2D eigenvalue weighted by atomic mass is 35.5. The Morgan fingerprint density at radius 3 is 2.86 bits per heavy atom. The van der Waals surface area contributed by atoms with Gasteiger partial charge in [-0.1, -0.05) is 30.3 Å². The summed E-state index contributed by atoms with van der Waals surface area (Å²) in [5.74, 6) is 1.02. The fourth-order valence-electron chi connectivity index (χ4n) is 4.22. The van der Waals surface area contributed by atoms with Crippen molar-refractivity contribution < 1.29 is 0 Å². The van der Waals surface area contributed by atoms with Gasteiger partial charge in [-0.05, 0) is 73.9 Å². The summed E-state index contributed by atoms with van der Waals surface area (Å²) >= 11 is 6.47. The van der Waals surface area contributed by atoms with Crippen LogP contribution in [-0.4, -0.2) is 23.9 Å². The molecule has 1 aromatic carbocycles. The Balaban J connectivity index is 1.66. The Bertz CT molecular complexity index is 967. The van der Waals surface area contributed by atoms with E-state index in [-0.39, 0.29) is 6.17 Å². The number of likely N-dealkylation sites (N-methyl/N-ethyl adjacent to an activating group) is 1. The molecular formula is C24H29ClN4. The molecule has 2 heterocycles. The van der Waals surface area contributed by atoms with Crippen LogP contribution in [0, 0.1) is 0 Å². The zero-order valence-corrected chi connectivity index (χ0v) is 18.2. The summed E-state index contributed by atoms with van der Waals surface area (Å²) in [6, 6.07) is 4.00. The molecule has 3 aliphatic rings. The maximum atomic E-state index is 6.47. The Morgan fingerprint density at radius 1 is 1.31 bits per heavy atom. The Hall–Kier alpha value is -2.30. The lowest BCUT2D eigenvalue weighted by atomic mass is 9.95. The van der Waals surface area contributed by atoms with Crippen LogP contribution in [0.1, 0.15) is 50.7 Å². The first-order valence-electron chi connectivity index (χ1n) is 10.3. The Kier molecular flexibility index (Phi) is 5.66. The molecule has 0 radical (unpaired) electrons. The molecule has 1 aliphatic carbocycles. The third-order valence-corrected chi connectivity index (χ3v) is 6.09. The Morgan fingerprint density at radius 2 is 2.14 bits per heavy atom. The van der Waals surface area contributed by atoms with Gasteiger partial charge in [0.2, 0.25) is 0 Å². The molecule has 1 unspecified atom stereocenters. The zero-order valence-electron chi connectivity index (χ0n) is 17.5. The quantitative estimate of drug-likeness (QED) is 0.675. The van der Waals surface area contributed by atoms with E-state index in [9.17, 15) is 0 Å². The van der Waals surface area contributed by atoms with Gasteiger partial charge in [0.25, 0.3) is 0 Å². The topological polar surface area (TPSA) is 39.7 Å². The van der Waals surface area contributed by atoms with E-state index in [0.717, 1.165) is 41.2 Å². The average molecular weight is 409 g/mol. The molecule has 4 rings (SSSR count). The second kappa shape index (κ2) is 8.21. The van der Waals surface area contributed by atoms with Crippen LogP contribution < -0.4 is 10.6 Å². The molecule has 1 aromatic rings. The van der Waals surface area contributed by atoms with Crippen LogP contribution in [0.25, 0.3) is 5.70 Å². The molecule has 29 heavy (non-hydrogen) atoms. The number of allylic oxidation sites excluding steroid dienone is 3. The number of nitrogens with one attached hydrogen (secondary N) is 2. The fourth-order valence-corrected chi connectivity index (χ4v) is 4.46. The molecule has 0 saturated carbocycles. The van der Waals surface area contributed by atoms with E-state index in [1.165, 1.54) is 29.6 Å². The van der Waals surface area contributed by atoms with Gasteiger partial charge < -0.3 is 10.2 Å². The third kappa shape index (κ3) is 4.05. The van der Waals surface area contributed by atoms with E-state index in [4.69, 9.17) is 16.6 Å². The fraction of sp³-hybridized carbons (Fsp3) is 0.375. The largest absolute Gasteiger partial charge is 0.372 e. The molecule has 4 nitrogen and oxygen atoms in total. The number of amidine groups is 1. The van der Waals surface area contributed by atoms with Crippen LogP contribution in [0.15, 0.2) is 58.8 Å². The van der Waals surface area contributed by atoms with Gasteiger partial charge in [0, 0.05) is 36.1 Å². The lowest BCUT2D eigenvalue weighted by molar-refractivity contribution is 0.519. The van der Waals surface area contributed by atoms with E-state index in [1.54, 1.807) is 0 Å². The summed E-state index contributed by atoms with van der Waals surface area (Å²) < 4.78 is 0. The predicted molar refractivity (Wildman–Crippen MR) is 123 cm³/mol. The molecule has 0 saturated heterocycles. The number of nitrogens with zero attached hydrogens (tertiary/aromatic N) is 2. The van der Waals surface area contributed by atoms with Crippen LogP contribution in [0.5, 0.6) is 0 Å². The number of benzene rings is 1.